The molecule has 4 N–H and O–H groups in total. The molecule has 0 bridgehead atoms. The van der Waals surface area contributed by atoms with Gasteiger partial charge in [0.05, 0.1) is 6.61 Å². The first kappa shape index (κ1) is 53.9. The van der Waals surface area contributed by atoms with Crippen molar-refractivity contribution in [3.05, 3.63) is 60.8 Å². The van der Waals surface area contributed by atoms with Crippen LogP contribution in [0.1, 0.15) is 174 Å². The van der Waals surface area contributed by atoms with E-state index in [1.807, 2.05) is 0 Å². The molecule has 0 aromatic heterocycles. The zero-order valence-electron chi connectivity index (χ0n) is 36.5. The third kappa shape index (κ3) is 29.7. The van der Waals surface area contributed by atoms with Crippen molar-refractivity contribution in [1.82, 2.24) is 0 Å². The number of aliphatic hydroxyl groups is 3. The normalized spacial score (nSPS) is 20.5. The molecule has 0 aromatic rings. The lowest BCUT2D eigenvalue weighted by Crippen LogP contribution is -2.60. The van der Waals surface area contributed by atoms with E-state index in [4.69, 9.17) is 18.9 Å². The molecule has 11 nitrogen and oxygen atoms in total. The van der Waals surface area contributed by atoms with E-state index < -0.39 is 61.3 Å². The summed E-state index contributed by atoms with van der Waals surface area (Å²) in [6, 6.07) is 0. The van der Waals surface area contributed by atoms with Gasteiger partial charge in [0.2, 0.25) is 0 Å². The van der Waals surface area contributed by atoms with E-state index >= 15 is 0 Å². The fourth-order valence-electron chi connectivity index (χ4n) is 6.51. The Morgan fingerprint density at radius 3 is 1.53 bits per heavy atom. The summed E-state index contributed by atoms with van der Waals surface area (Å²) < 4.78 is 21.7. The Morgan fingerprint density at radius 1 is 0.542 bits per heavy atom. The van der Waals surface area contributed by atoms with Crippen LogP contribution in [0.4, 0.5) is 0 Å². The SMILES string of the molecule is CC/C=C\C/C=C\C/C=C\C/C=C\CCCCCCC(=O)OCC(COC1OC(C(=O)O)C(O)C(O)C1O)OC(=O)CCCCCCC/C=C\CCCCCCCCC. The molecule has 6 atom stereocenters. The molecule has 1 saturated heterocycles. The van der Waals surface area contributed by atoms with Gasteiger partial charge >= 0.3 is 17.9 Å². The Kier molecular flexibility index (Phi) is 34.6. The first-order valence-corrected chi connectivity index (χ1v) is 22.8. The van der Waals surface area contributed by atoms with Crippen LogP contribution in [-0.4, -0.2) is 88.4 Å². The molecule has 0 radical (unpaired) electrons. The molecule has 1 rings (SSSR count). The fraction of sp³-hybridized carbons (Fsp3) is 0.729. The van der Waals surface area contributed by atoms with Gasteiger partial charge in [-0.15, -0.1) is 0 Å². The predicted molar refractivity (Wildman–Crippen MR) is 234 cm³/mol. The van der Waals surface area contributed by atoms with Crippen molar-refractivity contribution in [3.63, 3.8) is 0 Å². The van der Waals surface area contributed by atoms with Gasteiger partial charge < -0.3 is 39.4 Å². The highest BCUT2D eigenvalue weighted by Gasteiger charge is 2.47. The quantitative estimate of drug-likeness (QED) is 0.0267. The zero-order valence-corrected chi connectivity index (χ0v) is 36.5. The Morgan fingerprint density at radius 2 is 1.00 bits per heavy atom. The first-order valence-electron chi connectivity index (χ1n) is 22.8. The van der Waals surface area contributed by atoms with E-state index in [0.29, 0.717) is 12.8 Å². The van der Waals surface area contributed by atoms with Gasteiger partial charge in [0.25, 0.3) is 0 Å². The number of carbonyl (C=O) groups is 3. The molecule has 11 heteroatoms. The Balaban J connectivity index is 2.39. The molecule has 338 valence electrons. The van der Waals surface area contributed by atoms with Crippen molar-refractivity contribution < 1.29 is 53.8 Å². The van der Waals surface area contributed by atoms with E-state index in [2.05, 4.69) is 74.6 Å². The van der Waals surface area contributed by atoms with Crippen molar-refractivity contribution >= 4 is 17.9 Å². The number of hydrogen-bond acceptors (Lipinski definition) is 10. The van der Waals surface area contributed by atoms with Crippen LogP contribution in [0.15, 0.2) is 60.8 Å². The molecule has 1 aliphatic rings. The van der Waals surface area contributed by atoms with Crippen molar-refractivity contribution in [2.24, 2.45) is 0 Å². The summed E-state index contributed by atoms with van der Waals surface area (Å²) in [5.41, 5.74) is 0. The number of unbranched alkanes of at least 4 members (excludes halogenated alkanes) is 16. The summed E-state index contributed by atoms with van der Waals surface area (Å²) in [4.78, 5) is 36.8. The van der Waals surface area contributed by atoms with Gasteiger partial charge in [-0.05, 0) is 77.0 Å². The van der Waals surface area contributed by atoms with Crippen LogP contribution in [0.25, 0.3) is 0 Å². The smallest absolute Gasteiger partial charge is 0.335 e. The Bertz CT molecular complexity index is 1210. The average molecular weight is 833 g/mol. The number of hydrogen-bond donors (Lipinski definition) is 4. The molecule has 1 heterocycles. The number of carboxylic acids is 1. The van der Waals surface area contributed by atoms with Crippen LogP contribution >= 0.6 is 0 Å². The number of aliphatic hydroxyl groups excluding tert-OH is 3. The molecule has 0 aliphatic carbocycles. The minimum absolute atomic E-state index is 0.165. The summed E-state index contributed by atoms with van der Waals surface area (Å²) >= 11 is 0. The number of aliphatic carboxylic acids is 1. The Labute approximate surface area is 356 Å². The van der Waals surface area contributed by atoms with E-state index in [1.54, 1.807) is 0 Å². The van der Waals surface area contributed by atoms with E-state index in [-0.39, 0.29) is 19.4 Å². The van der Waals surface area contributed by atoms with Crippen LogP contribution in [0.5, 0.6) is 0 Å². The molecule has 1 fully saturated rings. The molecule has 0 saturated carbocycles. The highest BCUT2D eigenvalue weighted by atomic mass is 16.7. The van der Waals surface area contributed by atoms with Crippen LogP contribution in [0.2, 0.25) is 0 Å². The Hall–Kier alpha value is -3.09. The lowest BCUT2D eigenvalue weighted by Gasteiger charge is -2.38. The number of ether oxygens (including phenoxy) is 4. The summed E-state index contributed by atoms with van der Waals surface area (Å²) in [7, 11) is 0. The topological polar surface area (TPSA) is 169 Å². The maximum absolute atomic E-state index is 12.8. The van der Waals surface area contributed by atoms with E-state index in [9.17, 15) is 34.8 Å². The van der Waals surface area contributed by atoms with Gasteiger partial charge in [0, 0.05) is 12.8 Å². The third-order valence-electron chi connectivity index (χ3n) is 10.1. The second-order valence-corrected chi connectivity index (χ2v) is 15.5. The summed E-state index contributed by atoms with van der Waals surface area (Å²) in [6.07, 6.45) is 37.0. The standard InChI is InChI=1S/C48H80O11/c1-3-5-7-9-11-13-15-17-19-21-23-24-26-28-30-32-34-36-41(49)56-38-40(39-57-48-45(53)43(51)44(52)46(59-48)47(54)55)58-42(50)37-35-33-31-29-27-25-22-20-18-16-14-12-10-8-6-4-2/h5,7,11,13,17,19-20,22-24,40,43-46,48,51-53H,3-4,6,8-10,12,14-16,18,21,25-39H2,1-2H3,(H,54,55)/b7-5-,13-11-,19-17-,22-20-,24-23-. The van der Waals surface area contributed by atoms with Crippen LogP contribution in [-0.2, 0) is 33.3 Å². The van der Waals surface area contributed by atoms with Crippen LogP contribution < -0.4 is 0 Å². The molecule has 0 spiro atoms. The van der Waals surface area contributed by atoms with Crippen molar-refractivity contribution in [2.75, 3.05) is 13.2 Å². The second-order valence-electron chi connectivity index (χ2n) is 15.5. The number of esters is 2. The van der Waals surface area contributed by atoms with Gasteiger partial charge in [-0.3, -0.25) is 9.59 Å². The molecular weight excluding hydrogens is 753 g/mol. The van der Waals surface area contributed by atoms with Crippen molar-refractivity contribution in [2.45, 2.75) is 211 Å². The van der Waals surface area contributed by atoms with Crippen LogP contribution in [0, 0.1) is 0 Å². The fourth-order valence-corrected chi connectivity index (χ4v) is 6.51. The summed E-state index contributed by atoms with van der Waals surface area (Å²) in [6.45, 7) is 3.66. The number of carboxylic acid groups (broad SMARTS) is 1. The first-order chi connectivity index (χ1) is 28.7. The molecule has 0 amide bonds. The average Bonchev–Trinajstić information content (AvgIpc) is 3.22. The van der Waals surface area contributed by atoms with Gasteiger partial charge in [-0.1, -0.05) is 145 Å². The zero-order chi connectivity index (χ0) is 43.2. The maximum atomic E-state index is 12.8. The van der Waals surface area contributed by atoms with Gasteiger partial charge in [0.1, 0.15) is 24.9 Å². The largest absolute Gasteiger partial charge is 0.479 e. The third-order valence-corrected chi connectivity index (χ3v) is 10.1. The highest BCUT2D eigenvalue weighted by Crippen LogP contribution is 2.23. The summed E-state index contributed by atoms with van der Waals surface area (Å²) in [5, 5.41) is 39.8. The molecule has 1 aliphatic heterocycles. The van der Waals surface area contributed by atoms with Crippen LogP contribution in [0.3, 0.4) is 0 Å². The lowest BCUT2D eigenvalue weighted by molar-refractivity contribution is -0.298. The number of rotatable bonds is 37. The lowest BCUT2D eigenvalue weighted by atomic mass is 9.99. The van der Waals surface area contributed by atoms with Gasteiger partial charge in [-0.25, -0.2) is 4.79 Å². The maximum Gasteiger partial charge on any atom is 0.335 e. The molecule has 59 heavy (non-hydrogen) atoms. The van der Waals surface area contributed by atoms with Crippen molar-refractivity contribution in [3.8, 4) is 0 Å². The number of carbonyl (C=O) groups excluding carboxylic acids is 2. The second kappa shape index (κ2) is 37.9. The summed E-state index contributed by atoms with van der Waals surface area (Å²) in [5.74, 6) is -2.49. The van der Waals surface area contributed by atoms with Gasteiger partial charge in [0.15, 0.2) is 18.5 Å². The van der Waals surface area contributed by atoms with E-state index in [0.717, 1.165) is 89.9 Å². The van der Waals surface area contributed by atoms with Crippen molar-refractivity contribution in [1.29, 1.82) is 0 Å². The molecule has 0 aromatic carbocycles. The van der Waals surface area contributed by atoms with E-state index in [1.165, 1.54) is 44.9 Å². The van der Waals surface area contributed by atoms with Gasteiger partial charge in [-0.2, -0.15) is 0 Å². The molecular formula is C48H80O11. The minimum Gasteiger partial charge on any atom is -0.479 e. The minimum atomic E-state index is -1.87. The monoisotopic (exact) mass is 833 g/mol. The highest BCUT2D eigenvalue weighted by molar-refractivity contribution is 5.73. The number of allylic oxidation sites excluding steroid dienone is 10. The predicted octanol–water partition coefficient (Wildman–Crippen LogP) is 9.92. The molecule has 6 unspecified atom stereocenters.